The lowest BCUT2D eigenvalue weighted by Gasteiger charge is -2.11. The fourth-order valence-corrected chi connectivity index (χ4v) is 2.27. The molecule has 0 saturated carbocycles. The van der Waals surface area contributed by atoms with Gasteiger partial charge < -0.3 is 10.8 Å². The minimum Gasteiger partial charge on any atom is -0.398 e. The molecule has 0 fully saturated rings. The summed E-state index contributed by atoms with van der Waals surface area (Å²) in [6, 6.07) is 3.31. The van der Waals surface area contributed by atoms with Crippen LogP contribution in [0, 0.1) is 5.82 Å². The van der Waals surface area contributed by atoms with E-state index in [0.717, 1.165) is 18.3 Å². The molecule has 0 amide bonds. The van der Waals surface area contributed by atoms with Crippen molar-refractivity contribution in [2.75, 3.05) is 5.73 Å². The normalized spacial score (nSPS) is 13.5. The van der Waals surface area contributed by atoms with Crippen LogP contribution in [0.5, 0.6) is 0 Å². The van der Waals surface area contributed by atoms with Crippen molar-refractivity contribution in [1.82, 2.24) is 4.98 Å². The molecule has 0 spiro atoms. The van der Waals surface area contributed by atoms with Crippen molar-refractivity contribution < 1.29 is 22.7 Å². The van der Waals surface area contributed by atoms with Crippen molar-refractivity contribution in [3.63, 3.8) is 0 Å². The van der Waals surface area contributed by atoms with Gasteiger partial charge in [-0.15, -0.1) is 11.3 Å². The Kier molecular flexibility index (Phi) is 3.46. The van der Waals surface area contributed by atoms with Gasteiger partial charge in [0.15, 0.2) is 5.01 Å². The molecule has 2 aromatic rings. The number of hydrogen-bond donors (Lipinski definition) is 2. The largest absolute Gasteiger partial charge is 0.443 e. The van der Waals surface area contributed by atoms with Gasteiger partial charge in [0.05, 0.1) is 4.88 Å². The fraction of sp³-hybridized carbons (Fsp3) is 0.182. The van der Waals surface area contributed by atoms with Crippen LogP contribution in [0.2, 0.25) is 0 Å². The Labute approximate surface area is 109 Å². The summed E-state index contributed by atoms with van der Waals surface area (Å²) in [4.78, 5) is 3.13. The van der Waals surface area contributed by atoms with Gasteiger partial charge in [-0.1, -0.05) is 0 Å². The summed E-state index contributed by atoms with van der Waals surface area (Å²) in [5.41, 5.74) is 5.66. The number of alkyl halides is 3. The lowest BCUT2D eigenvalue weighted by atomic mass is 10.1. The van der Waals surface area contributed by atoms with Crippen LogP contribution < -0.4 is 5.73 Å². The molecule has 0 aliphatic carbocycles. The van der Waals surface area contributed by atoms with Gasteiger partial charge >= 0.3 is 6.18 Å². The average molecular weight is 292 g/mol. The monoisotopic (exact) mass is 292 g/mol. The highest BCUT2D eigenvalue weighted by Gasteiger charge is 2.35. The summed E-state index contributed by atoms with van der Waals surface area (Å²) in [6.45, 7) is 0. The van der Waals surface area contributed by atoms with Gasteiger partial charge in [0, 0.05) is 17.4 Å². The van der Waals surface area contributed by atoms with Crippen molar-refractivity contribution in [3.05, 3.63) is 45.7 Å². The third-order valence-corrected chi connectivity index (χ3v) is 3.47. The van der Waals surface area contributed by atoms with Crippen LogP contribution in [0.25, 0.3) is 0 Å². The highest BCUT2D eigenvalue weighted by atomic mass is 32.1. The van der Waals surface area contributed by atoms with Crippen LogP contribution >= 0.6 is 11.3 Å². The van der Waals surface area contributed by atoms with E-state index in [-0.39, 0.29) is 16.1 Å². The third-order valence-electron chi connectivity index (χ3n) is 2.38. The van der Waals surface area contributed by atoms with Crippen LogP contribution in [0.1, 0.15) is 21.6 Å². The first kappa shape index (κ1) is 13.8. The van der Waals surface area contributed by atoms with E-state index in [0.29, 0.717) is 11.3 Å². The molecule has 19 heavy (non-hydrogen) atoms. The quantitative estimate of drug-likeness (QED) is 0.661. The summed E-state index contributed by atoms with van der Waals surface area (Å²) >= 11 is 0.293. The molecule has 1 aromatic carbocycles. The van der Waals surface area contributed by atoms with E-state index in [2.05, 4.69) is 4.98 Å². The molecule has 8 heteroatoms. The summed E-state index contributed by atoms with van der Waals surface area (Å²) in [5.74, 6) is -0.635. The number of thiazole rings is 1. The predicted octanol–water partition coefficient (Wildman–Crippen LogP) is 2.96. The van der Waals surface area contributed by atoms with Crippen LogP contribution in [0.3, 0.4) is 0 Å². The minimum absolute atomic E-state index is 0.0115. The number of nitrogens with zero attached hydrogens (tertiary/aromatic N) is 1. The van der Waals surface area contributed by atoms with Gasteiger partial charge in [-0.3, -0.25) is 0 Å². The molecule has 0 aliphatic rings. The van der Waals surface area contributed by atoms with Crippen LogP contribution in [0.4, 0.5) is 23.2 Å². The summed E-state index contributed by atoms with van der Waals surface area (Å²) in [6.07, 6.45) is -5.11. The first-order valence-corrected chi connectivity index (χ1v) is 5.86. The number of aliphatic hydroxyl groups is 1. The number of nitrogen functional groups attached to an aromatic ring is 1. The van der Waals surface area contributed by atoms with Gasteiger partial charge in [-0.2, -0.15) is 13.2 Å². The SMILES string of the molecule is Nc1ccc(F)cc1C(O)c1cnc(C(F)(F)F)s1. The summed E-state index contributed by atoms with van der Waals surface area (Å²) < 4.78 is 50.2. The molecule has 0 bridgehead atoms. The Balaban J connectivity index is 2.36. The highest BCUT2D eigenvalue weighted by molar-refractivity contribution is 7.11. The molecule has 0 aliphatic heterocycles. The highest BCUT2D eigenvalue weighted by Crippen LogP contribution is 2.37. The van der Waals surface area contributed by atoms with Crippen molar-refractivity contribution in [3.8, 4) is 0 Å². The van der Waals surface area contributed by atoms with E-state index in [1.54, 1.807) is 0 Å². The van der Waals surface area contributed by atoms with Gasteiger partial charge in [-0.05, 0) is 18.2 Å². The van der Waals surface area contributed by atoms with E-state index in [1.165, 1.54) is 6.07 Å². The number of nitrogens with two attached hydrogens (primary N) is 1. The molecule has 3 nitrogen and oxygen atoms in total. The van der Waals surface area contributed by atoms with Gasteiger partial charge in [-0.25, -0.2) is 9.37 Å². The number of aromatic nitrogens is 1. The Bertz CT molecular complexity index is 597. The number of halogens is 4. The molecule has 1 aromatic heterocycles. The average Bonchev–Trinajstić information content (AvgIpc) is 2.80. The maximum atomic E-state index is 13.1. The maximum absolute atomic E-state index is 13.1. The van der Waals surface area contributed by atoms with Gasteiger partial charge in [0.2, 0.25) is 0 Å². The van der Waals surface area contributed by atoms with E-state index in [4.69, 9.17) is 5.73 Å². The van der Waals surface area contributed by atoms with Crippen molar-refractivity contribution in [2.24, 2.45) is 0 Å². The van der Waals surface area contributed by atoms with E-state index >= 15 is 0 Å². The summed E-state index contributed by atoms with van der Waals surface area (Å²) in [5, 5.41) is 8.86. The van der Waals surface area contributed by atoms with Crippen molar-refractivity contribution in [1.29, 1.82) is 0 Å². The van der Waals surface area contributed by atoms with E-state index in [1.807, 2.05) is 0 Å². The molecule has 0 saturated heterocycles. The number of anilines is 1. The fourth-order valence-electron chi connectivity index (χ4n) is 1.48. The Morgan fingerprint density at radius 3 is 2.58 bits per heavy atom. The maximum Gasteiger partial charge on any atom is 0.443 e. The molecular weight excluding hydrogens is 284 g/mol. The standard InChI is InChI=1S/C11H8F4N2OS/c12-5-1-2-7(16)6(3-5)9(18)8-4-17-10(19-8)11(13,14)15/h1-4,9,18H,16H2. The number of aliphatic hydroxyl groups excluding tert-OH is 1. The predicted molar refractivity (Wildman–Crippen MR) is 62.0 cm³/mol. The zero-order chi connectivity index (χ0) is 14.2. The summed E-state index contributed by atoms with van der Waals surface area (Å²) in [7, 11) is 0. The van der Waals surface area contributed by atoms with Gasteiger partial charge in [0.1, 0.15) is 11.9 Å². The molecule has 0 radical (unpaired) electrons. The van der Waals surface area contributed by atoms with Gasteiger partial charge in [0.25, 0.3) is 0 Å². The Hall–Kier alpha value is -1.67. The molecule has 1 atom stereocenters. The van der Waals surface area contributed by atoms with Crippen LogP contribution in [0.15, 0.2) is 24.4 Å². The van der Waals surface area contributed by atoms with Crippen LogP contribution in [-0.4, -0.2) is 10.1 Å². The zero-order valence-corrected chi connectivity index (χ0v) is 10.1. The molecule has 2 rings (SSSR count). The van der Waals surface area contributed by atoms with Crippen molar-refractivity contribution >= 4 is 17.0 Å². The topological polar surface area (TPSA) is 59.1 Å². The second-order valence-electron chi connectivity index (χ2n) is 3.74. The molecule has 102 valence electrons. The van der Waals surface area contributed by atoms with Crippen molar-refractivity contribution in [2.45, 2.75) is 12.3 Å². The second kappa shape index (κ2) is 4.78. The zero-order valence-electron chi connectivity index (χ0n) is 9.28. The smallest absolute Gasteiger partial charge is 0.398 e. The minimum atomic E-state index is -4.57. The molecular formula is C11H8F4N2OS. The van der Waals surface area contributed by atoms with E-state index in [9.17, 15) is 22.7 Å². The number of rotatable bonds is 2. The Morgan fingerprint density at radius 1 is 1.32 bits per heavy atom. The molecule has 1 unspecified atom stereocenters. The number of hydrogen-bond acceptors (Lipinski definition) is 4. The third kappa shape index (κ3) is 2.85. The Morgan fingerprint density at radius 2 is 2.00 bits per heavy atom. The first-order valence-electron chi connectivity index (χ1n) is 5.05. The lowest BCUT2D eigenvalue weighted by molar-refractivity contribution is -0.137. The molecule has 1 heterocycles. The van der Waals surface area contributed by atoms with Crippen LogP contribution in [-0.2, 0) is 6.18 Å². The number of benzene rings is 1. The second-order valence-corrected chi connectivity index (χ2v) is 4.80. The van der Waals surface area contributed by atoms with E-state index < -0.39 is 23.1 Å². The lowest BCUT2D eigenvalue weighted by Crippen LogP contribution is -2.03. The first-order chi connectivity index (χ1) is 8.79. The molecule has 3 N–H and O–H groups in total.